The van der Waals surface area contributed by atoms with E-state index in [0.29, 0.717) is 10.6 Å². The predicted octanol–water partition coefficient (Wildman–Crippen LogP) is 2.92. The monoisotopic (exact) mass is 346 g/mol. The van der Waals surface area contributed by atoms with Gasteiger partial charge in [-0.3, -0.25) is 4.79 Å². The molecule has 24 heavy (non-hydrogen) atoms. The van der Waals surface area contributed by atoms with Crippen molar-refractivity contribution in [2.75, 3.05) is 7.11 Å². The highest BCUT2D eigenvalue weighted by Crippen LogP contribution is 2.15. The second-order valence-electron chi connectivity index (χ2n) is 5.05. The van der Waals surface area contributed by atoms with Crippen molar-refractivity contribution in [3.63, 3.8) is 0 Å². The van der Waals surface area contributed by atoms with E-state index in [-0.39, 0.29) is 18.0 Å². The summed E-state index contributed by atoms with van der Waals surface area (Å²) in [6.07, 6.45) is 0. The van der Waals surface area contributed by atoms with Crippen molar-refractivity contribution in [1.82, 2.24) is 10.3 Å². The molecule has 0 unspecified atom stereocenters. The fourth-order valence-electron chi connectivity index (χ4n) is 1.80. The molecule has 2 aromatic rings. The van der Waals surface area contributed by atoms with Gasteiger partial charge in [-0.1, -0.05) is 18.2 Å². The fourth-order valence-corrected chi connectivity index (χ4v) is 2.49. The van der Waals surface area contributed by atoms with Crippen LogP contribution >= 0.6 is 11.3 Å². The Morgan fingerprint density at radius 2 is 1.92 bits per heavy atom. The molecule has 0 spiro atoms. The van der Waals surface area contributed by atoms with Gasteiger partial charge in [0.2, 0.25) is 0 Å². The maximum absolute atomic E-state index is 12.2. The molecule has 0 saturated heterocycles. The molecule has 1 N–H and O–H groups in total. The van der Waals surface area contributed by atoms with E-state index in [4.69, 9.17) is 4.74 Å². The van der Waals surface area contributed by atoms with Crippen molar-refractivity contribution in [1.29, 1.82) is 0 Å². The van der Waals surface area contributed by atoms with Crippen LogP contribution in [0.1, 0.15) is 29.3 Å². The molecular formula is C17H18N2O4S. The second-order valence-corrected chi connectivity index (χ2v) is 5.99. The molecule has 126 valence electrons. The number of allylic oxidation sites excluding steroid dienone is 1. The minimum absolute atomic E-state index is 0.123. The molecular weight excluding hydrogens is 328 g/mol. The van der Waals surface area contributed by atoms with Gasteiger partial charge in [-0.15, -0.1) is 11.3 Å². The molecule has 0 saturated carbocycles. The SMILES string of the molecule is COC(=O)C(NC(=O)c1csc(COc2ccccc2)n1)=C(C)C. The first kappa shape index (κ1) is 17.7. The Kier molecular flexibility index (Phi) is 6.08. The number of carbonyl (C=O) groups is 2. The first-order valence-electron chi connectivity index (χ1n) is 7.20. The minimum atomic E-state index is -0.591. The molecule has 0 aliphatic carbocycles. The maximum atomic E-state index is 12.2. The zero-order valence-corrected chi connectivity index (χ0v) is 14.5. The summed E-state index contributed by atoms with van der Waals surface area (Å²) >= 11 is 1.32. The molecule has 2 rings (SSSR count). The number of hydrogen-bond donors (Lipinski definition) is 1. The van der Waals surface area contributed by atoms with Crippen LogP contribution in [-0.2, 0) is 16.1 Å². The van der Waals surface area contributed by atoms with Crippen LogP contribution in [-0.4, -0.2) is 24.0 Å². The van der Waals surface area contributed by atoms with Crippen molar-refractivity contribution < 1.29 is 19.1 Å². The first-order chi connectivity index (χ1) is 11.5. The Hall–Kier alpha value is -2.67. The lowest BCUT2D eigenvalue weighted by Crippen LogP contribution is -2.29. The molecule has 0 fully saturated rings. The second kappa shape index (κ2) is 8.26. The van der Waals surface area contributed by atoms with Gasteiger partial charge in [-0.25, -0.2) is 9.78 Å². The molecule has 7 heteroatoms. The van der Waals surface area contributed by atoms with Crippen LogP contribution in [0.2, 0.25) is 0 Å². The number of thiazole rings is 1. The smallest absolute Gasteiger partial charge is 0.354 e. The molecule has 1 amide bonds. The number of benzene rings is 1. The number of ether oxygens (including phenoxy) is 2. The molecule has 0 bridgehead atoms. The van der Waals surface area contributed by atoms with Crippen LogP contribution < -0.4 is 10.1 Å². The molecule has 1 aromatic carbocycles. The summed E-state index contributed by atoms with van der Waals surface area (Å²) in [5, 5.41) is 4.83. The number of amides is 1. The number of aromatic nitrogens is 1. The number of nitrogens with zero attached hydrogens (tertiary/aromatic N) is 1. The van der Waals surface area contributed by atoms with Crippen molar-refractivity contribution in [3.8, 4) is 5.75 Å². The van der Waals surface area contributed by atoms with Crippen LogP contribution in [0.15, 0.2) is 47.0 Å². The van der Waals surface area contributed by atoms with Gasteiger partial charge in [0.1, 0.15) is 28.8 Å². The zero-order valence-electron chi connectivity index (χ0n) is 13.7. The van der Waals surface area contributed by atoms with Crippen LogP contribution in [0.5, 0.6) is 5.75 Å². The molecule has 1 aromatic heterocycles. The number of esters is 1. The van der Waals surface area contributed by atoms with Gasteiger partial charge in [0.05, 0.1) is 7.11 Å². The number of para-hydroxylation sites is 1. The number of hydrogen-bond acceptors (Lipinski definition) is 6. The van der Waals surface area contributed by atoms with Crippen molar-refractivity contribution in [3.05, 3.63) is 57.7 Å². The highest BCUT2D eigenvalue weighted by Gasteiger charge is 2.18. The third-order valence-corrected chi connectivity index (χ3v) is 3.84. The lowest BCUT2D eigenvalue weighted by atomic mass is 10.2. The summed E-state index contributed by atoms with van der Waals surface area (Å²) in [6, 6.07) is 9.35. The third-order valence-electron chi connectivity index (χ3n) is 3.02. The zero-order chi connectivity index (χ0) is 17.5. The molecule has 0 aliphatic rings. The van der Waals surface area contributed by atoms with Crippen molar-refractivity contribution in [2.24, 2.45) is 0 Å². The summed E-state index contributed by atoms with van der Waals surface area (Å²) < 4.78 is 10.2. The van der Waals surface area contributed by atoms with Crippen LogP contribution in [0.25, 0.3) is 0 Å². The lowest BCUT2D eigenvalue weighted by Gasteiger charge is -2.08. The minimum Gasteiger partial charge on any atom is -0.486 e. The van der Waals surface area contributed by atoms with E-state index in [9.17, 15) is 9.59 Å². The fraction of sp³-hybridized carbons (Fsp3) is 0.235. The van der Waals surface area contributed by atoms with E-state index < -0.39 is 11.9 Å². The Bertz CT molecular complexity index is 749. The predicted molar refractivity (Wildman–Crippen MR) is 90.7 cm³/mol. The summed E-state index contributed by atoms with van der Waals surface area (Å²) in [6.45, 7) is 3.70. The van der Waals surface area contributed by atoms with Gasteiger partial charge in [0, 0.05) is 5.38 Å². The topological polar surface area (TPSA) is 77.5 Å². The normalized spacial score (nSPS) is 9.96. The van der Waals surface area contributed by atoms with E-state index in [1.807, 2.05) is 30.3 Å². The van der Waals surface area contributed by atoms with E-state index in [0.717, 1.165) is 5.75 Å². The van der Waals surface area contributed by atoms with Crippen LogP contribution in [0.3, 0.4) is 0 Å². The summed E-state index contributed by atoms with van der Waals surface area (Å²) in [4.78, 5) is 28.1. The Labute approximate surface area is 144 Å². The quantitative estimate of drug-likeness (QED) is 0.643. The highest BCUT2D eigenvalue weighted by molar-refractivity contribution is 7.09. The van der Waals surface area contributed by atoms with Gasteiger partial charge in [0.25, 0.3) is 5.91 Å². The van der Waals surface area contributed by atoms with E-state index in [1.165, 1.54) is 18.4 Å². The van der Waals surface area contributed by atoms with Crippen LogP contribution in [0, 0.1) is 0 Å². The van der Waals surface area contributed by atoms with Gasteiger partial charge >= 0.3 is 5.97 Å². The van der Waals surface area contributed by atoms with Crippen molar-refractivity contribution in [2.45, 2.75) is 20.5 Å². The number of rotatable bonds is 6. The molecule has 0 aliphatic heterocycles. The van der Waals surface area contributed by atoms with E-state index in [2.05, 4.69) is 15.0 Å². The average molecular weight is 346 g/mol. The number of carbonyl (C=O) groups excluding carboxylic acids is 2. The lowest BCUT2D eigenvalue weighted by molar-refractivity contribution is -0.136. The highest BCUT2D eigenvalue weighted by atomic mass is 32.1. The van der Waals surface area contributed by atoms with E-state index in [1.54, 1.807) is 19.2 Å². The van der Waals surface area contributed by atoms with Crippen molar-refractivity contribution >= 4 is 23.2 Å². The Morgan fingerprint density at radius 3 is 2.54 bits per heavy atom. The number of methoxy groups -OCH3 is 1. The third kappa shape index (κ3) is 4.66. The van der Waals surface area contributed by atoms with Gasteiger partial charge < -0.3 is 14.8 Å². The van der Waals surface area contributed by atoms with Gasteiger partial charge in [-0.05, 0) is 31.6 Å². The maximum Gasteiger partial charge on any atom is 0.354 e. The summed E-state index contributed by atoms with van der Waals surface area (Å²) in [7, 11) is 1.26. The molecule has 6 nitrogen and oxygen atoms in total. The largest absolute Gasteiger partial charge is 0.486 e. The molecule has 0 radical (unpaired) electrons. The summed E-state index contributed by atoms with van der Waals surface area (Å²) in [5.41, 5.74) is 1.00. The van der Waals surface area contributed by atoms with Gasteiger partial charge in [-0.2, -0.15) is 0 Å². The molecule has 1 heterocycles. The molecule has 0 atom stereocenters. The Morgan fingerprint density at radius 1 is 1.21 bits per heavy atom. The standard InChI is InChI=1S/C17H18N2O4S/c1-11(2)15(17(21)22-3)19-16(20)13-10-24-14(18-13)9-23-12-7-5-4-6-8-12/h4-8,10H,9H2,1-3H3,(H,19,20). The Balaban J connectivity index is 2.00. The van der Waals surface area contributed by atoms with Crippen LogP contribution in [0.4, 0.5) is 0 Å². The van der Waals surface area contributed by atoms with Gasteiger partial charge in [0.15, 0.2) is 0 Å². The number of nitrogens with one attached hydrogen (secondary N) is 1. The first-order valence-corrected chi connectivity index (χ1v) is 8.08. The average Bonchev–Trinajstić information content (AvgIpc) is 3.06. The van der Waals surface area contributed by atoms with E-state index >= 15 is 0 Å². The summed E-state index contributed by atoms with van der Waals surface area (Å²) in [5.74, 6) is -0.318.